The van der Waals surface area contributed by atoms with E-state index in [0.29, 0.717) is 5.56 Å². The summed E-state index contributed by atoms with van der Waals surface area (Å²) in [7, 11) is 2.10. The molecule has 1 amide bonds. The van der Waals surface area contributed by atoms with Crippen molar-refractivity contribution in [1.29, 1.82) is 0 Å². The minimum absolute atomic E-state index is 0.0884. The van der Waals surface area contributed by atoms with Gasteiger partial charge in [0.2, 0.25) is 0 Å². The standard InChI is InChI=1S/C20H19BrN2OS/c1-23(14-18-11-12-19(21)25-18)13-15-7-9-16(10-8-15)20(24)22-17-5-3-2-4-6-17/h2-12H,13-14H2,1H3,(H,22,24). The molecule has 0 atom stereocenters. The van der Waals surface area contributed by atoms with E-state index in [1.54, 1.807) is 11.3 Å². The molecule has 0 saturated heterocycles. The molecule has 1 aromatic heterocycles. The molecule has 0 aliphatic rings. The Balaban J connectivity index is 1.57. The quantitative estimate of drug-likeness (QED) is 0.585. The first-order valence-electron chi connectivity index (χ1n) is 7.98. The first-order valence-corrected chi connectivity index (χ1v) is 9.59. The minimum Gasteiger partial charge on any atom is -0.322 e. The van der Waals surface area contributed by atoms with Crippen molar-refractivity contribution in [2.45, 2.75) is 13.1 Å². The highest BCUT2D eigenvalue weighted by Crippen LogP contribution is 2.23. The topological polar surface area (TPSA) is 32.3 Å². The molecule has 25 heavy (non-hydrogen) atoms. The number of anilines is 1. The van der Waals surface area contributed by atoms with Gasteiger partial charge in [-0.1, -0.05) is 30.3 Å². The van der Waals surface area contributed by atoms with Crippen molar-refractivity contribution < 1.29 is 4.79 Å². The van der Waals surface area contributed by atoms with Crippen LogP contribution in [0.4, 0.5) is 5.69 Å². The second-order valence-corrected chi connectivity index (χ2v) is 8.44. The van der Waals surface area contributed by atoms with E-state index in [9.17, 15) is 4.79 Å². The van der Waals surface area contributed by atoms with Gasteiger partial charge in [-0.05, 0) is 64.9 Å². The average Bonchev–Trinajstić information content (AvgIpc) is 3.01. The van der Waals surface area contributed by atoms with Crippen LogP contribution in [0.3, 0.4) is 0 Å². The monoisotopic (exact) mass is 414 g/mol. The van der Waals surface area contributed by atoms with E-state index in [2.05, 4.69) is 45.3 Å². The molecule has 0 aliphatic carbocycles. The zero-order chi connectivity index (χ0) is 17.6. The van der Waals surface area contributed by atoms with E-state index in [0.717, 1.165) is 22.6 Å². The van der Waals surface area contributed by atoms with Crippen molar-refractivity contribution in [2.24, 2.45) is 0 Å². The third-order valence-corrected chi connectivity index (χ3v) is 5.36. The summed E-state index contributed by atoms with van der Waals surface area (Å²) in [5, 5.41) is 2.90. The molecule has 1 heterocycles. The van der Waals surface area contributed by atoms with E-state index in [-0.39, 0.29) is 5.91 Å². The number of hydrogen-bond donors (Lipinski definition) is 1. The summed E-state index contributed by atoms with van der Waals surface area (Å²) >= 11 is 5.25. The van der Waals surface area contributed by atoms with Crippen LogP contribution in [0.25, 0.3) is 0 Å². The molecule has 0 spiro atoms. The normalized spacial score (nSPS) is 10.8. The lowest BCUT2D eigenvalue weighted by Crippen LogP contribution is -2.17. The van der Waals surface area contributed by atoms with Crippen molar-refractivity contribution in [3.63, 3.8) is 0 Å². The van der Waals surface area contributed by atoms with Crippen LogP contribution in [0.5, 0.6) is 0 Å². The predicted molar refractivity (Wildman–Crippen MR) is 108 cm³/mol. The van der Waals surface area contributed by atoms with Crippen molar-refractivity contribution in [3.05, 3.63) is 86.5 Å². The lowest BCUT2D eigenvalue weighted by atomic mass is 10.1. The van der Waals surface area contributed by atoms with Gasteiger partial charge in [-0.25, -0.2) is 0 Å². The summed E-state index contributed by atoms with van der Waals surface area (Å²) in [4.78, 5) is 15.9. The number of thiophene rings is 1. The van der Waals surface area contributed by atoms with Crippen LogP contribution >= 0.6 is 27.3 Å². The summed E-state index contributed by atoms with van der Waals surface area (Å²) in [5.41, 5.74) is 2.66. The number of hydrogen-bond acceptors (Lipinski definition) is 3. The number of benzene rings is 2. The fraction of sp³-hybridized carbons (Fsp3) is 0.150. The van der Waals surface area contributed by atoms with E-state index < -0.39 is 0 Å². The van der Waals surface area contributed by atoms with Crippen molar-refractivity contribution >= 4 is 38.9 Å². The number of rotatable bonds is 6. The van der Waals surface area contributed by atoms with Crippen LogP contribution in [-0.2, 0) is 13.1 Å². The van der Waals surface area contributed by atoms with Gasteiger partial charge in [-0.3, -0.25) is 9.69 Å². The Labute approximate surface area is 160 Å². The molecule has 3 rings (SSSR count). The molecule has 0 saturated carbocycles. The summed E-state index contributed by atoms with van der Waals surface area (Å²) in [5.74, 6) is -0.0884. The average molecular weight is 415 g/mol. The van der Waals surface area contributed by atoms with E-state index >= 15 is 0 Å². The first-order chi connectivity index (χ1) is 12.1. The first kappa shape index (κ1) is 17.9. The lowest BCUT2D eigenvalue weighted by molar-refractivity contribution is 0.102. The maximum absolute atomic E-state index is 12.3. The number of nitrogens with one attached hydrogen (secondary N) is 1. The molecule has 2 aromatic carbocycles. The van der Waals surface area contributed by atoms with Gasteiger partial charge in [0.25, 0.3) is 5.91 Å². The fourth-order valence-corrected chi connectivity index (χ4v) is 4.12. The number of nitrogens with zero attached hydrogens (tertiary/aromatic N) is 1. The Morgan fingerprint density at radius 2 is 1.72 bits per heavy atom. The van der Waals surface area contributed by atoms with Gasteiger partial charge in [0, 0.05) is 29.2 Å². The number of carbonyl (C=O) groups is 1. The molecule has 0 fully saturated rings. The molecule has 128 valence electrons. The molecular weight excluding hydrogens is 396 g/mol. The highest BCUT2D eigenvalue weighted by Gasteiger charge is 2.08. The number of para-hydroxylation sites is 1. The van der Waals surface area contributed by atoms with Gasteiger partial charge < -0.3 is 5.32 Å². The highest BCUT2D eigenvalue weighted by atomic mass is 79.9. The third kappa shape index (κ3) is 5.26. The second kappa shape index (κ2) is 8.43. The highest BCUT2D eigenvalue weighted by molar-refractivity contribution is 9.11. The van der Waals surface area contributed by atoms with Crippen LogP contribution in [-0.4, -0.2) is 17.9 Å². The Bertz CT molecular complexity index is 830. The Hall–Kier alpha value is -1.95. The summed E-state index contributed by atoms with van der Waals surface area (Å²) in [6.07, 6.45) is 0. The smallest absolute Gasteiger partial charge is 0.255 e. The van der Waals surface area contributed by atoms with Gasteiger partial charge >= 0.3 is 0 Å². The lowest BCUT2D eigenvalue weighted by Gasteiger charge is -2.16. The van der Waals surface area contributed by atoms with Gasteiger partial charge in [0.1, 0.15) is 0 Å². The molecule has 0 aliphatic heterocycles. The van der Waals surface area contributed by atoms with Crippen LogP contribution in [0.15, 0.2) is 70.5 Å². The minimum atomic E-state index is -0.0884. The van der Waals surface area contributed by atoms with Gasteiger partial charge in [0.05, 0.1) is 3.79 Å². The number of carbonyl (C=O) groups excluding carboxylic acids is 1. The molecular formula is C20H19BrN2OS. The molecule has 1 N–H and O–H groups in total. The van der Waals surface area contributed by atoms with Gasteiger partial charge in [-0.15, -0.1) is 11.3 Å². The molecule has 0 radical (unpaired) electrons. The zero-order valence-corrected chi connectivity index (χ0v) is 16.3. The molecule has 5 heteroatoms. The van der Waals surface area contributed by atoms with Crippen molar-refractivity contribution in [2.75, 3.05) is 12.4 Å². The third-order valence-electron chi connectivity index (χ3n) is 3.75. The fourth-order valence-electron chi connectivity index (χ4n) is 2.56. The summed E-state index contributed by atoms with van der Waals surface area (Å²) < 4.78 is 1.16. The molecule has 0 unspecified atom stereocenters. The Morgan fingerprint density at radius 1 is 1.00 bits per heavy atom. The zero-order valence-electron chi connectivity index (χ0n) is 13.9. The van der Waals surface area contributed by atoms with Crippen LogP contribution in [0.1, 0.15) is 20.8 Å². The SMILES string of the molecule is CN(Cc1ccc(C(=O)Nc2ccccc2)cc1)Cc1ccc(Br)s1. The maximum atomic E-state index is 12.3. The van der Waals surface area contributed by atoms with Crippen molar-refractivity contribution in [1.82, 2.24) is 4.90 Å². The van der Waals surface area contributed by atoms with E-state index in [1.807, 2.05) is 54.6 Å². The Kier molecular flexibility index (Phi) is 6.02. The van der Waals surface area contributed by atoms with E-state index in [1.165, 1.54) is 10.4 Å². The number of amides is 1. The molecule has 0 bridgehead atoms. The second-order valence-electron chi connectivity index (χ2n) is 5.90. The largest absolute Gasteiger partial charge is 0.322 e. The van der Waals surface area contributed by atoms with Gasteiger partial charge in [0.15, 0.2) is 0 Å². The van der Waals surface area contributed by atoms with Crippen molar-refractivity contribution in [3.8, 4) is 0 Å². The number of halogens is 1. The Morgan fingerprint density at radius 3 is 2.36 bits per heavy atom. The van der Waals surface area contributed by atoms with Crippen LogP contribution in [0, 0.1) is 0 Å². The predicted octanol–water partition coefficient (Wildman–Crippen LogP) is 5.39. The van der Waals surface area contributed by atoms with E-state index in [4.69, 9.17) is 0 Å². The summed E-state index contributed by atoms with van der Waals surface area (Å²) in [6, 6.07) is 21.5. The van der Waals surface area contributed by atoms with Crippen LogP contribution in [0.2, 0.25) is 0 Å². The van der Waals surface area contributed by atoms with Crippen LogP contribution < -0.4 is 5.32 Å². The summed E-state index contributed by atoms with van der Waals surface area (Å²) in [6.45, 7) is 1.75. The maximum Gasteiger partial charge on any atom is 0.255 e. The van der Waals surface area contributed by atoms with Gasteiger partial charge in [-0.2, -0.15) is 0 Å². The molecule has 3 aromatic rings. The molecule has 3 nitrogen and oxygen atoms in total.